The SMILES string of the molecule is O=C(O)C(CCl)=NNC1=Nc2ccc(Cl)cc2C(c2ccccc2)=NC1. The van der Waals surface area contributed by atoms with Crippen molar-refractivity contribution in [2.45, 2.75) is 0 Å². The fourth-order valence-corrected chi connectivity index (χ4v) is 2.73. The second-order valence-corrected chi connectivity index (χ2v) is 6.06. The van der Waals surface area contributed by atoms with E-state index in [1.807, 2.05) is 30.3 Å². The Morgan fingerprint density at radius 3 is 2.69 bits per heavy atom. The molecule has 1 aliphatic rings. The van der Waals surface area contributed by atoms with E-state index in [0.717, 1.165) is 16.8 Å². The van der Waals surface area contributed by atoms with E-state index >= 15 is 0 Å². The summed E-state index contributed by atoms with van der Waals surface area (Å²) in [6.07, 6.45) is 0. The Labute approximate surface area is 159 Å². The van der Waals surface area contributed by atoms with Gasteiger partial charge in [-0.15, -0.1) is 11.6 Å². The normalized spacial score (nSPS) is 14.0. The number of rotatable bonds is 4. The van der Waals surface area contributed by atoms with Gasteiger partial charge < -0.3 is 5.11 Å². The maximum atomic E-state index is 11.0. The largest absolute Gasteiger partial charge is 0.477 e. The van der Waals surface area contributed by atoms with Crippen molar-refractivity contribution in [2.24, 2.45) is 15.1 Å². The fraction of sp³-hybridized carbons (Fsp3) is 0.111. The van der Waals surface area contributed by atoms with E-state index in [-0.39, 0.29) is 18.1 Å². The van der Waals surface area contributed by atoms with Gasteiger partial charge in [0.1, 0.15) is 5.84 Å². The number of carbonyl (C=O) groups is 1. The zero-order chi connectivity index (χ0) is 18.5. The van der Waals surface area contributed by atoms with Crippen molar-refractivity contribution in [3.63, 3.8) is 0 Å². The lowest BCUT2D eigenvalue weighted by molar-refractivity contribution is -0.129. The Morgan fingerprint density at radius 1 is 1.23 bits per heavy atom. The smallest absolute Gasteiger partial charge is 0.353 e. The number of fused-ring (bicyclic) bond motifs is 1. The average Bonchev–Trinajstić information content (AvgIpc) is 2.82. The first-order valence-electron chi connectivity index (χ1n) is 7.67. The molecule has 1 aliphatic heterocycles. The number of amidine groups is 1. The Balaban J connectivity index is 2.01. The molecule has 0 fully saturated rings. The lowest BCUT2D eigenvalue weighted by atomic mass is 10.0. The number of hydrogen-bond donors (Lipinski definition) is 2. The molecule has 2 aromatic carbocycles. The van der Waals surface area contributed by atoms with Crippen LogP contribution in [-0.4, -0.2) is 40.8 Å². The number of aliphatic imine (C=N–C) groups is 2. The molecular formula is C18H14Cl2N4O2. The van der Waals surface area contributed by atoms with Crippen LogP contribution in [0.25, 0.3) is 0 Å². The number of hydrazone groups is 1. The Hall–Kier alpha value is -2.70. The standard InChI is InChI=1S/C18H14Cl2N4O2/c19-9-15(18(25)26)23-24-16-10-21-17(11-4-2-1-3-5-11)13-8-12(20)6-7-14(13)22-16/h1-8H,9-10H2,(H,22,24)(H,25,26). The molecule has 26 heavy (non-hydrogen) atoms. The maximum Gasteiger partial charge on any atom is 0.353 e. The highest BCUT2D eigenvalue weighted by Crippen LogP contribution is 2.28. The molecule has 8 heteroatoms. The number of nitrogens with one attached hydrogen (secondary N) is 1. The van der Waals surface area contributed by atoms with Crippen molar-refractivity contribution < 1.29 is 9.90 Å². The zero-order valence-electron chi connectivity index (χ0n) is 13.5. The summed E-state index contributed by atoms with van der Waals surface area (Å²) in [4.78, 5) is 20.1. The van der Waals surface area contributed by atoms with Gasteiger partial charge in [0.25, 0.3) is 0 Å². The highest BCUT2D eigenvalue weighted by atomic mass is 35.5. The Kier molecular flexibility index (Phi) is 5.65. The number of carboxylic acid groups (broad SMARTS) is 1. The number of aliphatic carboxylic acids is 1. The lowest BCUT2D eigenvalue weighted by Crippen LogP contribution is -2.26. The van der Waals surface area contributed by atoms with Crippen LogP contribution in [0.2, 0.25) is 5.02 Å². The molecule has 2 aromatic rings. The van der Waals surface area contributed by atoms with Crippen molar-refractivity contribution >= 4 is 52.1 Å². The molecule has 0 spiro atoms. The molecule has 0 saturated carbocycles. The van der Waals surface area contributed by atoms with E-state index < -0.39 is 5.97 Å². The van der Waals surface area contributed by atoms with Gasteiger partial charge in [0.2, 0.25) is 0 Å². The molecule has 6 nitrogen and oxygen atoms in total. The van der Waals surface area contributed by atoms with Gasteiger partial charge >= 0.3 is 5.97 Å². The van der Waals surface area contributed by atoms with Crippen molar-refractivity contribution in [3.05, 3.63) is 64.7 Å². The van der Waals surface area contributed by atoms with E-state index in [1.165, 1.54) is 0 Å². The molecule has 132 valence electrons. The molecular weight excluding hydrogens is 375 g/mol. The molecule has 0 amide bonds. The van der Waals surface area contributed by atoms with Crippen molar-refractivity contribution in [3.8, 4) is 0 Å². The minimum Gasteiger partial charge on any atom is -0.477 e. The van der Waals surface area contributed by atoms with Crippen molar-refractivity contribution in [1.29, 1.82) is 0 Å². The first-order valence-corrected chi connectivity index (χ1v) is 8.59. The van der Waals surface area contributed by atoms with Crippen LogP contribution in [-0.2, 0) is 4.79 Å². The van der Waals surface area contributed by atoms with Crippen molar-refractivity contribution in [2.75, 3.05) is 12.4 Å². The molecule has 0 saturated heterocycles. The van der Waals surface area contributed by atoms with Gasteiger partial charge in [-0.05, 0) is 18.2 Å². The number of halogens is 2. The molecule has 0 radical (unpaired) electrons. The predicted molar refractivity (Wildman–Crippen MR) is 104 cm³/mol. The first kappa shape index (κ1) is 18.1. The van der Waals surface area contributed by atoms with Crippen LogP contribution in [0, 0.1) is 0 Å². The highest BCUT2D eigenvalue weighted by Gasteiger charge is 2.17. The molecule has 3 rings (SSSR count). The third kappa shape index (κ3) is 4.09. The van der Waals surface area contributed by atoms with Crippen LogP contribution < -0.4 is 5.43 Å². The number of hydrogen-bond acceptors (Lipinski definition) is 5. The van der Waals surface area contributed by atoms with Gasteiger partial charge in [0, 0.05) is 16.1 Å². The van der Waals surface area contributed by atoms with Gasteiger partial charge in [0.05, 0.1) is 23.8 Å². The van der Waals surface area contributed by atoms with Crippen molar-refractivity contribution in [1.82, 2.24) is 5.43 Å². The van der Waals surface area contributed by atoms with Gasteiger partial charge in [0.15, 0.2) is 5.71 Å². The molecule has 0 bridgehead atoms. The number of benzene rings is 2. The van der Waals surface area contributed by atoms with Gasteiger partial charge in [-0.1, -0.05) is 41.9 Å². The van der Waals surface area contributed by atoms with E-state index in [9.17, 15) is 4.79 Å². The number of alkyl halides is 1. The van der Waals surface area contributed by atoms with Crippen LogP contribution in [0.3, 0.4) is 0 Å². The summed E-state index contributed by atoms with van der Waals surface area (Å²) in [6, 6.07) is 15.0. The minimum atomic E-state index is -1.19. The minimum absolute atomic E-state index is 0.204. The molecule has 2 N–H and O–H groups in total. The van der Waals surface area contributed by atoms with E-state index in [2.05, 4.69) is 20.5 Å². The number of carboxylic acids is 1. The van der Waals surface area contributed by atoms with E-state index in [1.54, 1.807) is 18.2 Å². The summed E-state index contributed by atoms with van der Waals surface area (Å²) in [5.74, 6) is -1.01. The summed E-state index contributed by atoms with van der Waals surface area (Å²) in [6.45, 7) is 0.204. The highest BCUT2D eigenvalue weighted by molar-refractivity contribution is 6.46. The molecule has 1 heterocycles. The Bertz CT molecular complexity index is 924. The lowest BCUT2D eigenvalue weighted by Gasteiger charge is -2.08. The predicted octanol–water partition coefficient (Wildman–Crippen LogP) is 3.49. The maximum absolute atomic E-state index is 11.0. The van der Waals surface area contributed by atoms with Gasteiger partial charge in [-0.3, -0.25) is 10.4 Å². The summed E-state index contributed by atoms with van der Waals surface area (Å²) in [5, 5.41) is 13.4. The molecule has 0 aromatic heterocycles. The topological polar surface area (TPSA) is 86.4 Å². The molecule has 0 aliphatic carbocycles. The monoisotopic (exact) mass is 388 g/mol. The third-order valence-corrected chi connectivity index (χ3v) is 4.08. The van der Waals surface area contributed by atoms with Crippen LogP contribution >= 0.6 is 23.2 Å². The van der Waals surface area contributed by atoms with Crippen LogP contribution in [0.5, 0.6) is 0 Å². The second-order valence-electron chi connectivity index (χ2n) is 5.36. The van der Waals surface area contributed by atoms with Crippen LogP contribution in [0.4, 0.5) is 5.69 Å². The summed E-state index contributed by atoms with van der Waals surface area (Å²) in [5.41, 5.74) is 5.59. The van der Waals surface area contributed by atoms with Crippen LogP contribution in [0.1, 0.15) is 11.1 Å². The summed E-state index contributed by atoms with van der Waals surface area (Å²) in [7, 11) is 0. The Morgan fingerprint density at radius 2 is 2.00 bits per heavy atom. The molecule has 0 atom stereocenters. The number of nitrogens with zero attached hydrogens (tertiary/aromatic N) is 3. The zero-order valence-corrected chi connectivity index (χ0v) is 15.0. The fourth-order valence-electron chi connectivity index (χ4n) is 2.39. The second kappa shape index (κ2) is 8.12. The van der Waals surface area contributed by atoms with Crippen LogP contribution in [0.15, 0.2) is 63.6 Å². The van der Waals surface area contributed by atoms with Gasteiger partial charge in [-0.25, -0.2) is 9.79 Å². The average molecular weight is 389 g/mol. The third-order valence-electron chi connectivity index (χ3n) is 3.60. The van der Waals surface area contributed by atoms with E-state index in [4.69, 9.17) is 28.3 Å². The first-order chi connectivity index (χ1) is 12.6. The quantitative estimate of drug-likeness (QED) is 0.477. The van der Waals surface area contributed by atoms with Gasteiger partial charge in [-0.2, -0.15) is 5.10 Å². The summed E-state index contributed by atoms with van der Waals surface area (Å²) < 4.78 is 0. The van der Waals surface area contributed by atoms with E-state index in [0.29, 0.717) is 16.5 Å². The summed E-state index contributed by atoms with van der Waals surface area (Å²) >= 11 is 11.7. The molecule has 0 unspecified atom stereocenters.